The molecule has 26 heavy (non-hydrogen) atoms. The predicted octanol–water partition coefficient (Wildman–Crippen LogP) is 3.94. The van der Waals surface area contributed by atoms with Gasteiger partial charge in [-0.3, -0.25) is 9.59 Å². The van der Waals surface area contributed by atoms with E-state index in [0.29, 0.717) is 16.0 Å². The SMILES string of the molecule is CC(C)Cc1ccc(C(C)NC(=O)CSc2nc(CC(=O)O)cs2)cc1. The number of thiazole rings is 1. The van der Waals surface area contributed by atoms with Crippen molar-refractivity contribution < 1.29 is 14.7 Å². The second kappa shape index (κ2) is 9.73. The maximum Gasteiger partial charge on any atom is 0.309 e. The normalized spacial score (nSPS) is 12.2. The monoisotopic (exact) mass is 392 g/mol. The summed E-state index contributed by atoms with van der Waals surface area (Å²) in [7, 11) is 0. The second-order valence-corrected chi connectivity index (χ2v) is 8.67. The maximum atomic E-state index is 12.1. The number of amides is 1. The van der Waals surface area contributed by atoms with Crippen LogP contribution < -0.4 is 5.32 Å². The van der Waals surface area contributed by atoms with Crippen LogP contribution in [0, 0.1) is 5.92 Å². The van der Waals surface area contributed by atoms with Gasteiger partial charge in [0.25, 0.3) is 0 Å². The van der Waals surface area contributed by atoms with E-state index in [1.807, 2.05) is 6.92 Å². The van der Waals surface area contributed by atoms with Crippen LogP contribution in [0.3, 0.4) is 0 Å². The highest BCUT2D eigenvalue weighted by molar-refractivity contribution is 8.01. The first-order valence-electron chi connectivity index (χ1n) is 8.50. The van der Waals surface area contributed by atoms with Gasteiger partial charge in [0.15, 0.2) is 4.34 Å². The summed E-state index contributed by atoms with van der Waals surface area (Å²) in [6, 6.07) is 8.30. The fourth-order valence-corrected chi connectivity index (χ4v) is 4.15. The summed E-state index contributed by atoms with van der Waals surface area (Å²) in [5.74, 6) is -0.0889. The van der Waals surface area contributed by atoms with Crippen molar-refractivity contribution in [2.45, 2.75) is 44.0 Å². The second-order valence-electron chi connectivity index (χ2n) is 6.59. The molecule has 0 saturated carbocycles. The van der Waals surface area contributed by atoms with Crippen LogP contribution in [0.5, 0.6) is 0 Å². The first-order valence-corrected chi connectivity index (χ1v) is 10.4. The molecule has 1 aromatic carbocycles. The number of aliphatic carboxylic acids is 1. The standard InChI is InChI=1S/C19H24N2O3S2/c1-12(2)8-14-4-6-15(7-5-14)13(3)20-17(22)11-26-19-21-16(10-25-19)9-18(23)24/h4-7,10,12-13H,8-9,11H2,1-3H3,(H,20,22)(H,23,24). The molecule has 0 fully saturated rings. The van der Waals surface area contributed by atoms with E-state index >= 15 is 0 Å². The lowest BCUT2D eigenvalue weighted by atomic mass is 10.00. The van der Waals surface area contributed by atoms with Crippen molar-refractivity contribution in [3.05, 3.63) is 46.5 Å². The zero-order valence-corrected chi connectivity index (χ0v) is 16.8. The molecule has 0 bridgehead atoms. The lowest BCUT2D eigenvalue weighted by molar-refractivity contribution is -0.136. The van der Waals surface area contributed by atoms with Crippen LogP contribution in [0.1, 0.15) is 43.6 Å². The molecule has 0 radical (unpaired) electrons. The Morgan fingerprint density at radius 2 is 1.92 bits per heavy atom. The Bertz CT molecular complexity index is 741. The van der Waals surface area contributed by atoms with Crippen LogP contribution in [0.25, 0.3) is 0 Å². The lowest BCUT2D eigenvalue weighted by Gasteiger charge is -2.15. The smallest absolute Gasteiger partial charge is 0.309 e. The number of hydrogen-bond donors (Lipinski definition) is 2. The summed E-state index contributed by atoms with van der Waals surface area (Å²) in [4.78, 5) is 27.0. The van der Waals surface area contributed by atoms with Gasteiger partial charge in [0.05, 0.1) is 23.9 Å². The average molecular weight is 393 g/mol. The van der Waals surface area contributed by atoms with Gasteiger partial charge in [-0.05, 0) is 30.4 Å². The number of nitrogens with zero attached hydrogens (tertiary/aromatic N) is 1. The third-order valence-corrected chi connectivity index (χ3v) is 5.76. The third-order valence-electron chi connectivity index (χ3n) is 3.69. The van der Waals surface area contributed by atoms with Gasteiger partial charge >= 0.3 is 5.97 Å². The largest absolute Gasteiger partial charge is 0.481 e. The van der Waals surface area contributed by atoms with Gasteiger partial charge in [-0.25, -0.2) is 4.98 Å². The fourth-order valence-electron chi connectivity index (χ4n) is 2.50. The predicted molar refractivity (Wildman–Crippen MR) is 106 cm³/mol. The number of carbonyl (C=O) groups excluding carboxylic acids is 1. The summed E-state index contributed by atoms with van der Waals surface area (Å²) in [5, 5.41) is 13.5. The van der Waals surface area contributed by atoms with Gasteiger partial charge in [-0.15, -0.1) is 11.3 Å². The van der Waals surface area contributed by atoms with Crippen LogP contribution in [-0.4, -0.2) is 27.7 Å². The van der Waals surface area contributed by atoms with Crippen molar-refractivity contribution >= 4 is 35.0 Å². The highest BCUT2D eigenvalue weighted by Gasteiger charge is 2.12. The number of carbonyl (C=O) groups is 2. The molecule has 2 rings (SSSR count). The van der Waals surface area contributed by atoms with E-state index in [2.05, 4.69) is 48.4 Å². The number of nitrogens with one attached hydrogen (secondary N) is 1. The summed E-state index contributed by atoms with van der Waals surface area (Å²) < 4.78 is 0.710. The molecule has 1 unspecified atom stereocenters. The minimum atomic E-state index is -0.905. The molecule has 0 saturated heterocycles. The minimum absolute atomic E-state index is 0.0601. The van der Waals surface area contributed by atoms with Gasteiger partial charge < -0.3 is 10.4 Å². The van der Waals surface area contributed by atoms with Crippen molar-refractivity contribution in [2.75, 3.05) is 5.75 Å². The maximum absolute atomic E-state index is 12.1. The number of benzene rings is 1. The Kier molecular flexibility index (Phi) is 7.66. The molecule has 2 N–H and O–H groups in total. The molecule has 1 heterocycles. The number of carboxylic acid groups (broad SMARTS) is 1. The lowest BCUT2D eigenvalue weighted by Crippen LogP contribution is -2.28. The molecular weight excluding hydrogens is 368 g/mol. The quantitative estimate of drug-likeness (QED) is 0.632. The van der Waals surface area contributed by atoms with Gasteiger partial charge in [-0.1, -0.05) is 49.9 Å². The van der Waals surface area contributed by atoms with Crippen LogP contribution in [0.4, 0.5) is 0 Å². The molecule has 0 aliphatic rings. The molecule has 2 aromatic rings. The summed E-state index contributed by atoms with van der Waals surface area (Å²) in [6.07, 6.45) is 0.961. The van der Waals surface area contributed by atoms with E-state index in [0.717, 1.165) is 12.0 Å². The van der Waals surface area contributed by atoms with Gasteiger partial charge in [-0.2, -0.15) is 0 Å². The van der Waals surface area contributed by atoms with Crippen LogP contribution in [-0.2, 0) is 22.4 Å². The summed E-state index contributed by atoms with van der Waals surface area (Å²) >= 11 is 2.69. The van der Waals surface area contributed by atoms with Crippen LogP contribution in [0.15, 0.2) is 34.0 Å². The van der Waals surface area contributed by atoms with Gasteiger partial charge in [0.2, 0.25) is 5.91 Å². The zero-order valence-electron chi connectivity index (χ0n) is 15.2. The molecule has 1 aromatic heterocycles. The number of hydrogen-bond acceptors (Lipinski definition) is 5. The number of aromatic nitrogens is 1. The number of thioether (sulfide) groups is 1. The molecule has 0 spiro atoms. The third kappa shape index (κ3) is 6.80. The van der Waals surface area contributed by atoms with Crippen LogP contribution >= 0.6 is 23.1 Å². The molecule has 7 heteroatoms. The molecule has 1 amide bonds. The highest BCUT2D eigenvalue weighted by atomic mass is 32.2. The average Bonchev–Trinajstić information content (AvgIpc) is 2.99. The number of rotatable bonds is 9. The Balaban J connectivity index is 1.81. The Hall–Kier alpha value is -1.86. The summed E-state index contributed by atoms with van der Waals surface area (Å²) in [5.41, 5.74) is 2.91. The van der Waals surface area contributed by atoms with Gasteiger partial charge in [0, 0.05) is 5.38 Å². The van der Waals surface area contributed by atoms with Gasteiger partial charge in [0.1, 0.15) is 0 Å². The van der Waals surface area contributed by atoms with Crippen LogP contribution in [0.2, 0.25) is 0 Å². The Morgan fingerprint density at radius 3 is 2.54 bits per heavy atom. The Morgan fingerprint density at radius 1 is 1.23 bits per heavy atom. The van der Waals surface area contributed by atoms with Crippen molar-refractivity contribution in [2.24, 2.45) is 5.92 Å². The van der Waals surface area contributed by atoms with E-state index in [1.54, 1.807) is 5.38 Å². The van der Waals surface area contributed by atoms with E-state index < -0.39 is 5.97 Å². The molecule has 1 atom stereocenters. The molecule has 0 aliphatic heterocycles. The van der Waals surface area contributed by atoms with Crippen molar-refractivity contribution in [1.82, 2.24) is 10.3 Å². The topological polar surface area (TPSA) is 79.3 Å². The fraction of sp³-hybridized carbons (Fsp3) is 0.421. The molecule has 140 valence electrons. The Labute approximate surface area is 162 Å². The van der Waals surface area contributed by atoms with E-state index in [4.69, 9.17) is 5.11 Å². The number of carboxylic acids is 1. The van der Waals surface area contributed by atoms with E-state index in [-0.39, 0.29) is 24.1 Å². The van der Waals surface area contributed by atoms with Crippen molar-refractivity contribution in [3.8, 4) is 0 Å². The van der Waals surface area contributed by atoms with E-state index in [1.165, 1.54) is 28.7 Å². The van der Waals surface area contributed by atoms with Crippen molar-refractivity contribution in [3.63, 3.8) is 0 Å². The molecular formula is C19H24N2O3S2. The first-order chi connectivity index (χ1) is 12.3. The van der Waals surface area contributed by atoms with E-state index in [9.17, 15) is 9.59 Å². The molecule has 0 aliphatic carbocycles. The molecule has 5 nitrogen and oxygen atoms in total. The highest BCUT2D eigenvalue weighted by Crippen LogP contribution is 2.23. The first kappa shape index (κ1) is 20.5. The van der Waals surface area contributed by atoms with Crippen molar-refractivity contribution in [1.29, 1.82) is 0 Å². The minimum Gasteiger partial charge on any atom is -0.481 e. The summed E-state index contributed by atoms with van der Waals surface area (Å²) in [6.45, 7) is 6.36. The zero-order chi connectivity index (χ0) is 19.1.